The third-order valence-electron chi connectivity index (χ3n) is 5.25. The first-order chi connectivity index (χ1) is 14.7. The molecule has 0 spiro atoms. The average molecular weight is 402 g/mol. The largest absolute Gasteiger partial charge is 0.497 e. The van der Waals surface area contributed by atoms with Gasteiger partial charge in [0, 0.05) is 6.54 Å². The van der Waals surface area contributed by atoms with E-state index in [0.717, 1.165) is 42.3 Å². The van der Waals surface area contributed by atoms with Gasteiger partial charge in [-0.1, -0.05) is 68.4 Å². The molecule has 0 aliphatic heterocycles. The zero-order valence-corrected chi connectivity index (χ0v) is 18.2. The van der Waals surface area contributed by atoms with Gasteiger partial charge < -0.3 is 14.4 Å². The molecule has 3 aromatic carbocycles. The van der Waals surface area contributed by atoms with Crippen molar-refractivity contribution in [3.8, 4) is 11.5 Å². The van der Waals surface area contributed by atoms with Gasteiger partial charge in [-0.05, 0) is 65.7 Å². The lowest BCUT2D eigenvalue weighted by Crippen LogP contribution is -2.27. The van der Waals surface area contributed by atoms with Crippen molar-refractivity contribution in [1.29, 1.82) is 0 Å². The Hall–Kier alpha value is -3.04. The van der Waals surface area contributed by atoms with E-state index in [0.29, 0.717) is 6.61 Å². The van der Waals surface area contributed by atoms with Crippen LogP contribution in [0, 0.1) is 0 Å². The van der Waals surface area contributed by atoms with E-state index in [-0.39, 0.29) is 0 Å². The van der Waals surface area contributed by atoms with Gasteiger partial charge in [-0.2, -0.15) is 0 Å². The van der Waals surface area contributed by atoms with E-state index in [9.17, 15) is 0 Å². The highest BCUT2D eigenvalue weighted by Gasteiger charge is 2.07. The fourth-order valence-corrected chi connectivity index (χ4v) is 3.38. The third-order valence-corrected chi connectivity index (χ3v) is 5.25. The summed E-state index contributed by atoms with van der Waals surface area (Å²) in [5.74, 6) is 1.76. The number of nitrogens with zero attached hydrogens (tertiary/aromatic N) is 1. The minimum Gasteiger partial charge on any atom is -0.497 e. The first-order valence-electron chi connectivity index (χ1n) is 10.6. The van der Waals surface area contributed by atoms with E-state index >= 15 is 0 Å². The smallest absolute Gasteiger partial charge is 0.119 e. The minimum absolute atomic E-state index is 0.701. The van der Waals surface area contributed by atoms with Crippen LogP contribution in [0.1, 0.15) is 30.5 Å². The molecule has 3 rings (SSSR count). The molecular formula is C27H31NO2. The number of likely N-dealkylation sites (N-methyl/N-ethyl adjacent to an activating group) is 1. The topological polar surface area (TPSA) is 21.7 Å². The van der Waals surface area contributed by atoms with E-state index in [1.54, 1.807) is 7.11 Å². The molecule has 0 heterocycles. The summed E-state index contributed by atoms with van der Waals surface area (Å²) < 4.78 is 11.3. The predicted octanol–water partition coefficient (Wildman–Crippen LogP) is 6.00. The lowest BCUT2D eigenvalue weighted by Gasteiger charge is -2.18. The van der Waals surface area contributed by atoms with E-state index in [1.165, 1.54) is 11.1 Å². The maximum atomic E-state index is 5.95. The Morgan fingerprint density at radius 1 is 0.767 bits per heavy atom. The van der Waals surface area contributed by atoms with Crippen molar-refractivity contribution >= 4 is 11.6 Å². The first kappa shape index (κ1) is 21.7. The molecule has 0 bridgehead atoms. The maximum Gasteiger partial charge on any atom is 0.119 e. The molecule has 156 valence electrons. The van der Waals surface area contributed by atoms with Gasteiger partial charge in [-0.25, -0.2) is 0 Å². The summed E-state index contributed by atoms with van der Waals surface area (Å²) in [6.45, 7) is 8.10. The van der Waals surface area contributed by atoms with Crippen LogP contribution in [0.5, 0.6) is 11.5 Å². The second kappa shape index (κ2) is 11.2. The summed E-state index contributed by atoms with van der Waals surface area (Å²) in [6.07, 6.45) is 2.22. The highest BCUT2D eigenvalue weighted by atomic mass is 16.5. The van der Waals surface area contributed by atoms with Crippen LogP contribution in [-0.4, -0.2) is 38.3 Å². The van der Waals surface area contributed by atoms with Crippen LogP contribution in [0.15, 0.2) is 78.9 Å². The second-order valence-corrected chi connectivity index (χ2v) is 7.10. The summed E-state index contributed by atoms with van der Waals surface area (Å²) in [5.41, 5.74) is 4.64. The lowest BCUT2D eigenvalue weighted by molar-refractivity contribution is 0.223. The standard InChI is InChI=1S/C27H31NO2/c1-4-28(5-2)19-20-30-26-17-13-24(14-18-26)27(21-22-9-7-6-8-10-22)23-11-15-25(29-3)16-12-23/h6-18,21H,4-5,19-20H2,1-3H3/b27-21-. The molecule has 0 fully saturated rings. The van der Waals surface area contributed by atoms with Crippen molar-refractivity contribution in [3.05, 3.63) is 95.6 Å². The van der Waals surface area contributed by atoms with Gasteiger partial charge in [0.05, 0.1) is 7.11 Å². The van der Waals surface area contributed by atoms with Crippen LogP contribution in [-0.2, 0) is 0 Å². The molecule has 30 heavy (non-hydrogen) atoms. The molecule has 3 nitrogen and oxygen atoms in total. The van der Waals surface area contributed by atoms with Gasteiger partial charge >= 0.3 is 0 Å². The Morgan fingerprint density at radius 3 is 1.87 bits per heavy atom. The van der Waals surface area contributed by atoms with Gasteiger partial charge in [-0.3, -0.25) is 0 Å². The number of hydrogen-bond acceptors (Lipinski definition) is 3. The molecule has 0 saturated heterocycles. The Morgan fingerprint density at radius 2 is 1.33 bits per heavy atom. The third kappa shape index (κ3) is 5.98. The summed E-state index contributed by atoms with van der Waals surface area (Å²) >= 11 is 0. The Bertz CT molecular complexity index is 911. The summed E-state index contributed by atoms with van der Waals surface area (Å²) in [7, 11) is 1.69. The van der Waals surface area contributed by atoms with E-state index in [4.69, 9.17) is 9.47 Å². The Kier molecular flexibility index (Phi) is 8.10. The Labute approximate surface area is 180 Å². The summed E-state index contributed by atoms with van der Waals surface area (Å²) in [6, 6.07) is 27.0. The highest BCUT2D eigenvalue weighted by molar-refractivity contribution is 5.91. The summed E-state index contributed by atoms with van der Waals surface area (Å²) in [4.78, 5) is 2.36. The fourth-order valence-electron chi connectivity index (χ4n) is 3.38. The number of benzene rings is 3. The van der Waals surface area contributed by atoms with Crippen LogP contribution in [0.2, 0.25) is 0 Å². The van der Waals surface area contributed by atoms with E-state index in [1.807, 2.05) is 18.2 Å². The normalized spacial score (nSPS) is 11.5. The quantitative estimate of drug-likeness (QED) is 0.389. The van der Waals surface area contributed by atoms with Gasteiger partial charge in [0.2, 0.25) is 0 Å². The first-order valence-corrected chi connectivity index (χ1v) is 10.6. The van der Waals surface area contributed by atoms with Crippen LogP contribution in [0.4, 0.5) is 0 Å². The SMILES string of the molecule is CCN(CC)CCOc1ccc(/C(=C\c2ccccc2)c2ccc(OC)cc2)cc1. The van der Waals surface area contributed by atoms with Gasteiger partial charge in [0.25, 0.3) is 0 Å². The molecule has 0 radical (unpaired) electrons. The monoisotopic (exact) mass is 401 g/mol. The molecular weight excluding hydrogens is 370 g/mol. The van der Waals surface area contributed by atoms with Crippen molar-refractivity contribution in [2.75, 3.05) is 33.4 Å². The van der Waals surface area contributed by atoms with E-state index < -0.39 is 0 Å². The zero-order chi connectivity index (χ0) is 21.2. The molecule has 0 N–H and O–H groups in total. The molecule has 0 aliphatic rings. The van der Waals surface area contributed by atoms with Crippen molar-refractivity contribution in [3.63, 3.8) is 0 Å². The van der Waals surface area contributed by atoms with E-state index in [2.05, 4.69) is 85.5 Å². The molecule has 3 heteroatoms. The van der Waals surface area contributed by atoms with Gasteiger partial charge in [-0.15, -0.1) is 0 Å². The molecule has 0 atom stereocenters. The maximum absolute atomic E-state index is 5.95. The van der Waals surface area contributed by atoms with Crippen LogP contribution in [0.25, 0.3) is 11.6 Å². The average Bonchev–Trinajstić information content (AvgIpc) is 2.82. The number of rotatable bonds is 10. The molecule has 0 aliphatic carbocycles. The molecule has 0 saturated carbocycles. The van der Waals surface area contributed by atoms with Crippen molar-refractivity contribution in [2.24, 2.45) is 0 Å². The van der Waals surface area contributed by atoms with Crippen molar-refractivity contribution in [2.45, 2.75) is 13.8 Å². The summed E-state index contributed by atoms with van der Waals surface area (Å²) in [5, 5.41) is 0. The highest BCUT2D eigenvalue weighted by Crippen LogP contribution is 2.29. The number of ether oxygens (including phenoxy) is 2. The van der Waals surface area contributed by atoms with Crippen molar-refractivity contribution in [1.82, 2.24) is 4.90 Å². The second-order valence-electron chi connectivity index (χ2n) is 7.10. The number of methoxy groups -OCH3 is 1. The minimum atomic E-state index is 0.701. The van der Waals surface area contributed by atoms with Crippen LogP contribution < -0.4 is 9.47 Å². The van der Waals surface area contributed by atoms with Gasteiger partial charge in [0.1, 0.15) is 18.1 Å². The van der Waals surface area contributed by atoms with Gasteiger partial charge in [0.15, 0.2) is 0 Å². The van der Waals surface area contributed by atoms with Crippen molar-refractivity contribution < 1.29 is 9.47 Å². The predicted molar refractivity (Wildman–Crippen MR) is 126 cm³/mol. The molecule has 0 aromatic heterocycles. The van der Waals surface area contributed by atoms with Crippen LogP contribution >= 0.6 is 0 Å². The molecule has 3 aromatic rings. The van der Waals surface area contributed by atoms with Crippen LogP contribution in [0.3, 0.4) is 0 Å². The molecule has 0 amide bonds. The fraction of sp³-hybridized carbons (Fsp3) is 0.259. The Balaban J connectivity index is 1.82. The lowest BCUT2D eigenvalue weighted by atomic mass is 9.95. The number of hydrogen-bond donors (Lipinski definition) is 0. The molecule has 0 unspecified atom stereocenters. The zero-order valence-electron chi connectivity index (χ0n) is 18.2.